The lowest BCUT2D eigenvalue weighted by atomic mass is 9.97. The molecule has 51 heavy (non-hydrogen) atoms. The van der Waals surface area contributed by atoms with Crippen LogP contribution in [0, 0.1) is 17.5 Å². The maximum absolute atomic E-state index is 16.7. The van der Waals surface area contributed by atoms with Crippen LogP contribution in [0.1, 0.15) is 72.4 Å². The first-order valence-electron chi connectivity index (χ1n) is 17.0. The van der Waals surface area contributed by atoms with Gasteiger partial charge in [0.1, 0.15) is 29.8 Å². The third-order valence-corrected chi connectivity index (χ3v) is 10.00. The van der Waals surface area contributed by atoms with Gasteiger partial charge in [-0.05, 0) is 120 Å². The van der Waals surface area contributed by atoms with Crippen molar-refractivity contribution in [2.75, 3.05) is 36.6 Å². The summed E-state index contributed by atoms with van der Waals surface area (Å²) in [5.74, 6) is 5.65. The highest BCUT2D eigenvalue weighted by molar-refractivity contribution is 8.16. The monoisotopic (exact) mass is 728 g/mol. The summed E-state index contributed by atoms with van der Waals surface area (Å²) in [6.45, 7) is 14.2. The molecule has 1 unspecified atom stereocenters. The van der Waals surface area contributed by atoms with Crippen LogP contribution in [-0.4, -0.2) is 70.5 Å². The molecule has 2 aromatic carbocycles. The van der Waals surface area contributed by atoms with Gasteiger partial charge in [0.25, 0.3) is 0 Å². The lowest BCUT2D eigenvalue weighted by Gasteiger charge is -2.36. The number of nitrogens with zero attached hydrogens (tertiary/aromatic N) is 4. The lowest BCUT2D eigenvalue weighted by Crippen LogP contribution is -2.48. The molecule has 0 saturated carbocycles. The van der Waals surface area contributed by atoms with E-state index in [4.69, 9.17) is 15.3 Å². The maximum Gasteiger partial charge on any atom is 0.410 e. The number of hydrazine groups is 1. The smallest absolute Gasteiger partial charge is 0.410 e. The van der Waals surface area contributed by atoms with E-state index in [1.54, 1.807) is 50.9 Å². The number of pyridine rings is 1. The molecule has 3 N–H and O–H groups in total. The topological polar surface area (TPSA) is 96.2 Å². The van der Waals surface area contributed by atoms with E-state index in [1.807, 2.05) is 59.9 Å². The molecular formula is C38H51F3N6O3S. The van der Waals surface area contributed by atoms with E-state index in [-0.39, 0.29) is 41.4 Å². The van der Waals surface area contributed by atoms with Crippen molar-refractivity contribution in [3.8, 4) is 0 Å². The molecule has 0 spiro atoms. The number of carbonyl (C=O) groups excluding carboxylic acids is 1. The SMILES string of the molecule is CC=S(c1cc(F)ccc1F)N(COC)c1cccc(CC(=CN(N)C2CCN(C(=O)OC(C)(C)C)CC2)c2ccnc(NC(C)(C)C)c2)c1F. The number of methoxy groups -OCH3 is 1. The van der Waals surface area contributed by atoms with Crippen LogP contribution in [0.5, 0.6) is 0 Å². The van der Waals surface area contributed by atoms with Crippen LogP contribution in [0.3, 0.4) is 0 Å². The van der Waals surface area contributed by atoms with Gasteiger partial charge in [-0.1, -0.05) is 22.8 Å². The normalized spacial score (nSPS) is 15.1. The van der Waals surface area contributed by atoms with Gasteiger partial charge in [-0.2, -0.15) is 0 Å². The Hall–Kier alpha value is -4.07. The number of nitrogens with two attached hydrogens (primary N) is 1. The zero-order valence-electron chi connectivity index (χ0n) is 30.8. The number of ether oxygens (including phenoxy) is 2. The second-order valence-corrected chi connectivity index (χ2v) is 16.4. The average Bonchev–Trinajstić information content (AvgIpc) is 3.05. The zero-order chi connectivity index (χ0) is 37.5. The van der Waals surface area contributed by atoms with E-state index in [0.29, 0.717) is 37.3 Å². The van der Waals surface area contributed by atoms with Crippen LogP contribution in [-0.2, 0) is 15.9 Å². The Morgan fingerprint density at radius 3 is 2.41 bits per heavy atom. The van der Waals surface area contributed by atoms with Crippen LogP contribution < -0.4 is 15.5 Å². The molecule has 1 amide bonds. The predicted molar refractivity (Wildman–Crippen MR) is 201 cm³/mol. The highest BCUT2D eigenvalue weighted by Gasteiger charge is 2.29. The minimum Gasteiger partial charge on any atom is -0.444 e. The predicted octanol–water partition coefficient (Wildman–Crippen LogP) is 8.34. The van der Waals surface area contributed by atoms with Gasteiger partial charge in [0.15, 0.2) is 5.82 Å². The quantitative estimate of drug-likeness (QED) is 0.0881. The molecule has 13 heteroatoms. The van der Waals surface area contributed by atoms with Crippen molar-refractivity contribution in [1.82, 2.24) is 14.9 Å². The van der Waals surface area contributed by atoms with Crippen molar-refractivity contribution in [1.29, 1.82) is 0 Å². The van der Waals surface area contributed by atoms with Gasteiger partial charge < -0.3 is 24.7 Å². The number of likely N-dealkylation sites (tertiary alicyclic amines) is 1. The Labute approximate surface area is 302 Å². The molecule has 0 aliphatic carbocycles. The minimum atomic E-state index is -1.18. The molecule has 1 saturated heterocycles. The summed E-state index contributed by atoms with van der Waals surface area (Å²) >= 11 is 0. The van der Waals surface area contributed by atoms with E-state index in [2.05, 4.69) is 10.3 Å². The molecule has 1 aromatic heterocycles. The molecule has 0 bridgehead atoms. The van der Waals surface area contributed by atoms with Crippen molar-refractivity contribution in [3.05, 3.63) is 89.5 Å². The van der Waals surface area contributed by atoms with Crippen molar-refractivity contribution in [2.45, 2.75) is 89.8 Å². The van der Waals surface area contributed by atoms with Crippen LogP contribution >= 0.6 is 10.7 Å². The van der Waals surface area contributed by atoms with Gasteiger partial charge in [0.05, 0.1) is 10.6 Å². The number of piperidine rings is 1. The number of rotatable bonds is 11. The fraction of sp³-hybridized carbons (Fsp3) is 0.447. The maximum atomic E-state index is 16.7. The summed E-state index contributed by atoms with van der Waals surface area (Å²) in [5.41, 5.74) is 1.24. The Bertz CT molecular complexity index is 1730. The number of benzene rings is 2. The Kier molecular flexibility index (Phi) is 13.2. The van der Waals surface area contributed by atoms with Crippen LogP contribution in [0.2, 0.25) is 0 Å². The molecular weight excluding hydrogens is 678 g/mol. The number of hydrogen-bond donors (Lipinski definition) is 2. The molecule has 2 heterocycles. The molecule has 1 aliphatic heterocycles. The van der Waals surface area contributed by atoms with E-state index >= 15 is 4.39 Å². The Balaban J connectivity index is 1.70. The summed E-state index contributed by atoms with van der Waals surface area (Å²) in [4.78, 5) is 18.9. The van der Waals surface area contributed by atoms with Crippen molar-refractivity contribution < 1.29 is 27.4 Å². The van der Waals surface area contributed by atoms with Crippen LogP contribution in [0.4, 0.5) is 29.5 Å². The molecule has 1 fully saturated rings. The number of hydrogen-bond acceptors (Lipinski definition) is 8. The zero-order valence-corrected chi connectivity index (χ0v) is 31.6. The molecule has 1 atom stereocenters. The van der Waals surface area contributed by atoms with Gasteiger partial charge in [-0.3, -0.25) is 4.31 Å². The first kappa shape index (κ1) is 39.7. The van der Waals surface area contributed by atoms with Gasteiger partial charge in [-0.25, -0.2) is 28.8 Å². The lowest BCUT2D eigenvalue weighted by molar-refractivity contribution is 0.0165. The third kappa shape index (κ3) is 11.0. The number of amides is 1. The molecule has 4 rings (SSSR count). The highest BCUT2D eigenvalue weighted by atomic mass is 32.2. The first-order valence-corrected chi connectivity index (χ1v) is 18.2. The third-order valence-electron chi connectivity index (χ3n) is 8.01. The van der Waals surface area contributed by atoms with Crippen molar-refractivity contribution in [2.24, 2.45) is 5.84 Å². The Morgan fingerprint density at radius 1 is 1.08 bits per heavy atom. The number of allylic oxidation sites excluding steroid dienone is 1. The largest absolute Gasteiger partial charge is 0.444 e. The second kappa shape index (κ2) is 17.0. The van der Waals surface area contributed by atoms with Crippen LogP contribution in [0.25, 0.3) is 5.57 Å². The first-order chi connectivity index (χ1) is 24.0. The number of carbonyl (C=O) groups is 1. The van der Waals surface area contributed by atoms with E-state index < -0.39 is 33.7 Å². The molecule has 9 nitrogen and oxygen atoms in total. The number of anilines is 2. The highest BCUT2D eigenvalue weighted by Crippen LogP contribution is 2.39. The molecule has 0 radical (unpaired) electrons. The Morgan fingerprint density at radius 2 is 1.78 bits per heavy atom. The summed E-state index contributed by atoms with van der Waals surface area (Å²) in [7, 11) is 0.289. The van der Waals surface area contributed by atoms with Crippen LogP contribution in [0.15, 0.2) is 65.8 Å². The fourth-order valence-corrected chi connectivity index (χ4v) is 7.54. The van der Waals surface area contributed by atoms with Crippen molar-refractivity contribution >= 4 is 39.2 Å². The van der Waals surface area contributed by atoms with E-state index in [9.17, 15) is 13.6 Å². The summed E-state index contributed by atoms with van der Waals surface area (Å²) in [6.07, 6.45) is 4.57. The summed E-state index contributed by atoms with van der Waals surface area (Å²) < 4.78 is 58.6. The number of halogens is 3. The number of aromatic nitrogens is 1. The van der Waals surface area contributed by atoms with Gasteiger partial charge in [0, 0.05) is 50.6 Å². The molecule has 3 aromatic rings. The van der Waals surface area contributed by atoms with Gasteiger partial charge in [-0.15, -0.1) is 0 Å². The minimum absolute atomic E-state index is 0.0722. The van der Waals surface area contributed by atoms with E-state index in [1.165, 1.54) is 7.11 Å². The summed E-state index contributed by atoms with van der Waals surface area (Å²) in [6, 6.07) is 12.0. The average molecular weight is 729 g/mol. The summed E-state index contributed by atoms with van der Waals surface area (Å²) in [5, 5.41) is 6.74. The molecule has 278 valence electrons. The van der Waals surface area contributed by atoms with E-state index in [0.717, 1.165) is 29.3 Å². The van der Waals surface area contributed by atoms with Gasteiger partial charge >= 0.3 is 6.09 Å². The standard InChI is InChI=1S/C38H51F3N6O3S/c1-9-51(33-23-29(39)13-14-31(33)40)47(25-49-8)32-12-10-11-27(35(32)41)21-28(26-15-18-43-34(22-26)44-37(2,3)4)24-46(42)30-16-19-45(20-17-30)36(48)50-38(5,6)7/h9-15,18,22-24,30H,16-17,19-21,25,42H2,1-8H3,(H,43,44). The fourth-order valence-electron chi connectivity index (χ4n) is 5.72. The van der Waals surface area contributed by atoms with Gasteiger partial charge in [0.2, 0.25) is 0 Å². The number of nitrogens with one attached hydrogen (secondary N) is 1. The second-order valence-electron chi connectivity index (χ2n) is 14.5. The molecule has 1 aliphatic rings. The van der Waals surface area contributed by atoms with Crippen molar-refractivity contribution in [3.63, 3.8) is 0 Å².